The molecule has 2 N–H and O–H groups in total. The highest BCUT2D eigenvalue weighted by Gasteiger charge is 2.25. The first-order valence-electron chi connectivity index (χ1n) is 9.84. The van der Waals surface area contributed by atoms with Gasteiger partial charge in [0.05, 0.1) is 6.26 Å². The SMILES string of the molecule is CCCC1CCC(NC(=NC)NCC2CCN(S(C)(=O)=O)CC2)CC1.I. The molecule has 0 spiro atoms. The van der Waals surface area contributed by atoms with Gasteiger partial charge < -0.3 is 10.6 Å². The zero-order valence-electron chi connectivity index (χ0n) is 16.5. The van der Waals surface area contributed by atoms with Crippen LogP contribution in [0.4, 0.5) is 0 Å². The highest BCUT2D eigenvalue weighted by Crippen LogP contribution is 2.27. The smallest absolute Gasteiger partial charge is 0.211 e. The predicted octanol–water partition coefficient (Wildman–Crippen LogP) is 2.80. The quantitative estimate of drug-likeness (QED) is 0.334. The van der Waals surface area contributed by atoms with Gasteiger partial charge in [-0.3, -0.25) is 4.99 Å². The summed E-state index contributed by atoms with van der Waals surface area (Å²) in [7, 11) is -1.21. The highest BCUT2D eigenvalue weighted by atomic mass is 127. The maximum atomic E-state index is 11.6. The van der Waals surface area contributed by atoms with E-state index in [1.807, 2.05) is 7.05 Å². The van der Waals surface area contributed by atoms with E-state index in [9.17, 15) is 8.42 Å². The van der Waals surface area contributed by atoms with Gasteiger partial charge in [0.25, 0.3) is 0 Å². The van der Waals surface area contributed by atoms with Gasteiger partial charge in [-0.2, -0.15) is 0 Å². The lowest BCUT2D eigenvalue weighted by molar-refractivity contribution is 0.273. The van der Waals surface area contributed by atoms with Gasteiger partial charge in [0, 0.05) is 32.7 Å². The van der Waals surface area contributed by atoms with Crippen molar-refractivity contribution in [2.24, 2.45) is 16.8 Å². The summed E-state index contributed by atoms with van der Waals surface area (Å²) < 4.78 is 24.7. The molecule has 6 nitrogen and oxygen atoms in total. The van der Waals surface area contributed by atoms with E-state index in [2.05, 4.69) is 22.5 Å². The van der Waals surface area contributed by atoms with Crippen LogP contribution in [-0.2, 0) is 10.0 Å². The molecule has 0 bridgehead atoms. The molecule has 1 aliphatic heterocycles. The number of hydrogen-bond acceptors (Lipinski definition) is 3. The molecule has 1 saturated heterocycles. The Morgan fingerprint density at radius 1 is 1.08 bits per heavy atom. The van der Waals surface area contributed by atoms with E-state index in [1.54, 1.807) is 4.31 Å². The van der Waals surface area contributed by atoms with Crippen LogP contribution >= 0.6 is 24.0 Å². The Kier molecular flexibility index (Phi) is 10.8. The predicted molar refractivity (Wildman–Crippen MR) is 120 cm³/mol. The summed E-state index contributed by atoms with van der Waals surface area (Å²) in [6.07, 6.45) is 10.9. The second kappa shape index (κ2) is 11.7. The van der Waals surface area contributed by atoms with Crippen LogP contribution in [0.25, 0.3) is 0 Å². The molecular formula is C18H37IN4O2S. The Labute approximate surface area is 177 Å². The molecule has 1 saturated carbocycles. The first-order chi connectivity index (χ1) is 11.9. The summed E-state index contributed by atoms with van der Waals surface area (Å²) in [5.74, 6) is 2.32. The number of nitrogens with one attached hydrogen (secondary N) is 2. The number of nitrogens with zero attached hydrogens (tertiary/aromatic N) is 2. The number of rotatable bonds is 6. The second-order valence-electron chi connectivity index (χ2n) is 7.71. The minimum Gasteiger partial charge on any atom is -0.356 e. The molecule has 1 aliphatic carbocycles. The normalized spacial score (nSPS) is 26.2. The van der Waals surface area contributed by atoms with Gasteiger partial charge in [0.15, 0.2) is 5.96 Å². The minimum atomic E-state index is -3.04. The summed E-state index contributed by atoms with van der Waals surface area (Å²) in [5, 5.41) is 7.02. The Hall–Kier alpha value is -0.0900. The Balaban J connectivity index is 0.00000338. The van der Waals surface area contributed by atoms with Gasteiger partial charge in [-0.15, -0.1) is 24.0 Å². The fraction of sp³-hybridized carbons (Fsp3) is 0.944. The molecule has 0 atom stereocenters. The van der Waals surface area contributed by atoms with E-state index in [4.69, 9.17) is 0 Å². The molecular weight excluding hydrogens is 463 g/mol. The molecule has 154 valence electrons. The van der Waals surface area contributed by atoms with Crippen molar-refractivity contribution in [3.05, 3.63) is 0 Å². The zero-order valence-corrected chi connectivity index (χ0v) is 19.7. The van der Waals surface area contributed by atoms with Crippen molar-refractivity contribution in [3.63, 3.8) is 0 Å². The van der Waals surface area contributed by atoms with Crippen LogP contribution in [-0.4, -0.2) is 57.7 Å². The molecule has 2 fully saturated rings. The van der Waals surface area contributed by atoms with E-state index >= 15 is 0 Å². The van der Waals surface area contributed by atoms with Crippen molar-refractivity contribution in [2.75, 3.05) is 32.9 Å². The highest BCUT2D eigenvalue weighted by molar-refractivity contribution is 14.0. The van der Waals surface area contributed by atoms with Crippen LogP contribution in [0.15, 0.2) is 4.99 Å². The standard InChI is InChI=1S/C18H36N4O2S.HI/c1-4-5-15-6-8-17(9-7-15)21-18(19-2)20-14-16-10-12-22(13-11-16)25(3,23)24;/h15-17H,4-14H2,1-3H3,(H2,19,20,21);1H. The molecule has 0 aromatic heterocycles. The third-order valence-electron chi connectivity index (χ3n) is 5.71. The Bertz CT molecular complexity index is 525. The van der Waals surface area contributed by atoms with E-state index in [-0.39, 0.29) is 24.0 Å². The molecule has 0 aromatic carbocycles. The Morgan fingerprint density at radius 2 is 1.69 bits per heavy atom. The first-order valence-corrected chi connectivity index (χ1v) is 11.7. The molecule has 0 aromatic rings. The van der Waals surface area contributed by atoms with Crippen LogP contribution in [0.3, 0.4) is 0 Å². The molecule has 0 amide bonds. The summed E-state index contributed by atoms with van der Waals surface area (Å²) in [6, 6.07) is 0.534. The van der Waals surface area contributed by atoms with Gasteiger partial charge in [-0.1, -0.05) is 19.8 Å². The lowest BCUT2D eigenvalue weighted by Gasteiger charge is -2.32. The first kappa shape index (κ1) is 23.9. The third-order valence-corrected chi connectivity index (χ3v) is 7.01. The van der Waals surface area contributed by atoms with Crippen molar-refractivity contribution < 1.29 is 8.42 Å². The molecule has 8 heteroatoms. The molecule has 26 heavy (non-hydrogen) atoms. The van der Waals surface area contributed by atoms with E-state index in [0.29, 0.717) is 25.0 Å². The molecule has 0 unspecified atom stereocenters. The number of piperidine rings is 1. The van der Waals surface area contributed by atoms with Crippen molar-refractivity contribution in [2.45, 2.75) is 64.3 Å². The molecule has 0 radical (unpaired) electrons. The van der Waals surface area contributed by atoms with Crippen LogP contribution in [0.1, 0.15) is 58.3 Å². The second-order valence-corrected chi connectivity index (χ2v) is 9.69. The van der Waals surface area contributed by atoms with Gasteiger partial charge in [-0.25, -0.2) is 12.7 Å². The summed E-state index contributed by atoms with van der Waals surface area (Å²) in [5.41, 5.74) is 0. The number of sulfonamides is 1. The largest absolute Gasteiger partial charge is 0.356 e. The monoisotopic (exact) mass is 500 g/mol. The summed E-state index contributed by atoms with van der Waals surface area (Å²) >= 11 is 0. The lowest BCUT2D eigenvalue weighted by Crippen LogP contribution is -2.47. The number of hydrogen-bond donors (Lipinski definition) is 2. The average Bonchev–Trinajstić information content (AvgIpc) is 2.60. The van der Waals surface area contributed by atoms with Crippen molar-refractivity contribution >= 4 is 40.0 Å². The molecule has 2 rings (SSSR count). The van der Waals surface area contributed by atoms with Crippen LogP contribution in [0.5, 0.6) is 0 Å². The van der Waals surface area contributed by atoms with Gasteiger partial charge in [0.2, 0.25) is 10.0 Å². The van der Waals surface area contributed by atoms with Crippen molar-refractivity contribution in [1.29, 1.82) is 0 Å². The minimum absolute atomic E-state index is 0. The van der Waals surface area contributed by atoms with E-state index in [0.717, 1.165) is 31.3 Å². The number of guanidine groups is 1. The molecule has 1 heterocycles. The fourth-order valence-electron chi connectivity index (χ4n) is 4.08. The van der Waals surface area contributed by atoms with Gasteiger partial charge >= 0.3 is 0 Å². The third kappa shape index (κ3) is 7.88. The van der Waals surface area contributed by atoms with Gasteiger partial charge in [-0.05, 0) is 50.4 Å². The van der Waals surface area contributed by atoms with E-state index < -0.39 is 10.0 Å². The van der Waals surface area contributed by atoms with Crippen LogP contribution in [0, 0.1) is 11.8 Å². The maximum absolute atomic E-state index is 11.6. The maximum Gasteiger partial charge on any atom is 0.211 e. The van der Waals surface area contributed by atoms with Crippen LogP contribution in [0.2, 0.25) is 0 Å². The van der Waals surface area contributed by atoms with Crippen LogP contribution < -0.4 is 10.6 Å². The van der Waals surface area contributed by atoms with Gasteiger partial charge in [0.1, 0.15) is 0 Å². The van der Waals surface area contributed by atoms with Crippen molar-refractivity contribution in [3.8, 4) is 0 Å². The summed E-state index contributed by atoms with van der Waals surface area (Å²) in [6.45, 7) is 4.41. The number of halogens is 1. The zero-order chi connectivity index (χ0) is 18.3. The average molecular weight is 500 g/mol. The molecule has 2 aliphatic rings. The number of aliphatic imine (C=N–C) groups is 1. The van der Waals surface area contributed by atoms with E-state index in [1.165, 1.54) is 44.8 Å². The Morgan fingerprint density at radius 3 is 2.19 bits per heavy atom. The fourth-order valence-corrected chi connectivity index (χ4v) is 4.95. The van der Waals surface area contributed by atoms with Crippen molar-refractivity contribution in [1.82, 2.24) is 14.9 Å². The topological polar surface area (TPSA) is 73.8 Å². The lowest BCUT2D eigenvalue weighted by atomic mass is 9.83. The summed E-state index contributed by atoms with van der Waals surface area (Å²) in [4.78, 5) is 4.36.